The van der Waals surface area contributed by atoms with E-state index in [1.807, 2.05) is 18.2 Å². The van der Waals surface area contributed by atoms with Crippen molar-refractivity contribution >= 4 is 28.7 Å². The van der Waals surface area contributed by atoms with E-state index < -0.39 is 4.92 Å². The lowest BCUT2D eigenvalue weighted by Gasteiger charge is -2.01. The Morgan fingerprint density at radius 2 is 1.75 bits per heavy atom. The van der Waals surface area contributed by atoms with Gasteiger partial charge >= 0.3 is 0 Å². The number of furan rings is 1. The average molecular weight is 425 g/mol. The van der Waals surface area contributed by atoms with Crippen molar-refractivity contribution in [3.05, 3.63) is 94.7 Å². The summed E-state index contributed by atoms with van der Waals surface area (Å²) in [6.07, 6.45) is 1.50. The molecule has 32 heavy (non-hydrogen) atoms. The van der Waals surface area contributed by atoms with Gasteiger partial charge in [-0.2, -0.15) is 0 Å². The molecule has 0 aliphatic carbocycles. The van der Waals surface area contributed by atoms with Gasteiger partial charge in [-0.05, 0) is 48.5 Å². The molecular weight excluding hydrogens is 410 g/mol. The van der Waals surface area contributed by atoms with Gasteiger partial charge in [-0.25, -0.2) is 4.98 Å². The minimum Gasteiger partial charge on any atom is -0.507 e. The number of aromatic nitrogens is 1. The monoisotopic (exact) mass is 425 g/mol. The van der Waals surface area contributed by atoms with E-state index in [4.69, 9.17) is 8.83 Å². The molecule has 0 aliphatic heterocycles. The maximum absolute atomic E-state index is 11.3. The Labute approximate surface area is 181 Å². The van der Waals surface area contributed by atoms with Crippen molar-refractivity contribution in [2.45, 2.75) is 0 Å². The zero-order valence-electron chi connectivity index (χ0n) is 16.5. The number of aliphatic imine (C=N–C) groups is 1. The number of nitrogens with zero attached hydrogens (tertiary/aromatic N) is 3. The molecule has 8 nitrogen and oxygen atoms in total. The lowest BCUT2D eigenvalue weighted by Crippen LogP contribution is -1.90. The first kappa shape index (κ1) is 19.3. The van der Waals surface area contributed by atoms with Crippen LogP contribution in [0, 0.1) is 10.1 Å². The van der Waals surface area contributed by atoms with Gasteiger partial charge in [-0.3, -0.25) is 15.1 Å². The van der Waals surface area contributed by atoms with Crippen LogP contribution in [0.1, 0.15) is 5.76 Å². The Hall–Kier alpha value is -4.72. The number of rotatable bonds is 5. The molecule has 2 heterocycles. The minimum absolute atomic E-state index is 0.0205. The fourth-order valence-corrected chi connectivity index (χ4v) is 3.31. The van der Waals surface area contributed by atoms with Crippen LogP contribution < -0.4 is 0 Å². The fraction of sp³-hybridized carbons (Fsp3) is 0. The van der Waals surface area contributed by atoms with Crippen LogP contribution in [0.3, 0.4) is 0 Å². The molecule has 2 aromatic heterocycles. The summed E-state index contributed by atoms with van der Waals surface area (Å²) >= 11 is 0. The lowest BCUT2D eigenvalue weighted by molar-refractivity contribution is -0.384. The number of para-hydroxylation sites is 3. The van der Waals surface area contributed by atoms with Gasteiger partial charge < -0.3 is 13.9 Å². The quantitative estimate of drug-likeness (QED) is 0.206. The molecule has 0 aliphatic rings. The number of nitro groups is 1. The van der Waals surface area contributed by atoms with Crippen molar-refractivity contribution in [1.82, 2.24) is 4.98 Å². The van der Waals surface area contributed by atoms with Gasteiger partial charge in [0.05, 0.1) is 28.0 Å². The van der Waals surface area contributed by atoms with Crippen LogP contribution in [0.2, 0.25) is 0 Å². The molecule has 156 valence electrons. The number of hydrogen-bond donors (Lipinski definition) is 1. The standard InChI is InChI=1S/C24H15N3O5/c28-21-11-9-15(13-18(21)24-26-19-6-2-4-8-23(19)32-24)25-14-16-10-12-22(31-16)17-5-1-3-7-20(17)27(29)30/h1-14,28H. The zero-order valence-corrected chi connectivity index (χ0v) is 16.5. The molecule has 8 heteroatoms. The van der Waals surface area contributed by atoms with E-state index in [2.05, 4.69) is 9.98 Å². The largest absolute Gasteiger partial charge is 0.507 e. The first-order chi connectivity index (χ1) is 15.6. The van der Waals surface area contributed by atoms with Crippen molar-refractivity contribution in [2.24, 2.45) is 4.99 Å². The number of phenolic OH excluding ortho intramolecular Hbond substituents is 1. The summed E-state index contributed by atoms with van der Waals surface area (Å²) in [6.45, 7) is 0. The van der Waals surface area contributed by atoms with Crippen LogP contribution >= 0.6 is 0 Å². The molecule has 0 fully saturated rings. The Morgan fingerprint density at radius 1 is 0.938 bits per heavy atom. The average Bonchev–Trinajstić information content (AvgIpc) is 3.45. The SMILES string of the molecule is O=[N+]([O-])c1ccccc1-c1ccc(C=Nc2ccc(O)c(-c3nc4ccccc4o3)c2)o1. The van der Waals surface area contributed by atoms with Crippen LogP contribution in [0.25, 0.3) is 33.9 Å². The summed E-state index contributed by atoms with van der Waals surface area (Å²) in [5.74, 6) is 1.11. The third-order valence-corrected chi connectivity index (χ3v) is 4.84. The molecule has 0 spiro atoms. The van der Waals surface area contributed by atoms with Crippen LogP contribution in [0.15, 0.2) is 92.7 Å². The van der Waals surface area contributed by atoms with E-state index in [1.54, 1.807) is 48.5 Å². The van der Waals surface area contributed by atoms with Gasteiger partial charge in [-0.15, -0.1) is 0 Å². The van der Waals surface area contributed by atoms with Crippen molar-refractivity contribution in [1.29, 1.82) is 0 Å². The van der Waals surface area contributed by atoms with Gasteiger partial charge in [0.2, 0.25) is 5.89 Å². The highest BCUT2D eigenvalue weighted by atomic mass is 16.6. The molecular formula is C24H15N3O5. The second-order valence-corrected chi connectivity index (χ2v) is 6.92. The second-order valence-electron chi connectivity index (χ2n) is 6.92. The zero-order chi connectivity index (χ0) is 22.1. The number of aromatic hydroxyl groups is 1. The van der Waals surface area contributed by atoms with Gasteiger partial charge in [-0.1, -0.05) is 24.3 Å². The summed E-state index contributed by atoms with van der Waals surface area (Å²) < 4.78 is 11.5. The number of fused-ring (bicyclic) bond motifs is 1. The number of phenols is 1. The fourth-order valence-electron chi connectivity index (χ4n) is 3.31. The molecule has 3 aromatic carbocycles. The van der Waals surface area contributed by atoms with Crippen LogP contribution in [-0.2, 0) is 0 Å². The van der Waals surface area contributed by atoms with Crippen molar-refractivity contribution in [2.75, 3.05) is 0 Å². The van der Waals surface area contributed by atoms with Crippen molar-refractivity contribution in [3.8, 4) is 28.5 Å². The maximum Gasteiger partial charge on any atom is 0.280 e. The molecule has 0 unspecified atom stereocenters. The van der Waals surface area contributed by atoms with Crippen molar-refractivity contribution < 1.29 is 18.9 Å². The molecule has 0 saturated heterocycles. The van der Waals surface area contributed by atoms with Gasteiger partial charge in [0.25, 0.3) is 5.69 Å². The summed E-state index contributed by atoms with van der Waals surface area (Å²) in [5, 5.41) is 21.5. The van der Waals surface area contributed by atoms with Crippen LogP contribution in [0.5, 0.6) is 5.75 Å². The first-order valence-corrected chi connectivity index (χ1v) is 9.65. The van der Waals surface area contributed by atoms with Gasteiger partial charge in [0.15, 0.2) is 5.58 Å². The normalized spacial score (nSPS) is 11.4. The third kappa shape index (κ3) is 3.61. The van der Waals surface area contributed by atoms with Crippen LogP contribution in [-0.4, -0.2) is 21.2 Å². The third-order valence-electron chi connectivity index (χ3n) is 4.84. The highest BCUT2D eigenvalue weighted by Gasteiger charge is 2.17. The topological polar surface area (TPSA) is 115 Å². The maximum atomic E-state index is 11.3. The predicted molar refractivity (Wildman–Crippen MR) is 119 cm³/mol. The Morgan fingerprint density at radius 3 is 2.59 bits per heavy atom. The highest BCUT2D eigenvalue weighted by molar-refractivity contribution is 5.82. The number of oxazole rings is 1. The lowest BCUT2D eigenvalue weighted by atomic mass is 10.1. The second kappa shape index (κ2) is 7.84. The van der Waals surface area contributed by atoms with Crippen LogP contribution in [0.4, 0.5) is 11.4 Å². The molecule has 1 N–H and O–H groups in total. The molecule has 0 amide bonds. The van der Waals surface area contributed by atoms with E-state index in [9.17, 15) is 15.2 Å². The molecule has 5 aromatic rings. The van der Waals surface area contributed by atoms with E-state index in [0.717, 1.165) is 0 Å². The Balaban J connectivity index is 1.44. The molecule has 0 radical (unpaired) electrons. The van der Waals surface area contributed by atoms with E-state index >= 15 is 0 Å². The van der Waals surface area contributed by atoms with Gasteiger partial charge in [0.1, 0.15) is 22.8 Å². The molecule has 0 atom stereocenters. The van der Waals surface area contributed by atoms with Gasteiger partial charge in [0, 0.05) is 6.07 Å². The molecule has 0 bridgehead atoms. The van der Waals surface area contributed by atoms with E-state index in [1.165, 1.54) is 18.3 Å². The molecule has 0 saturated carbocycles. The summed E-state index contributed by atoms with van der Waals surface area (Å²) in [5.41, 5.74) is 2.62. The smallest absolute Gasteiger partial charge is 0.280 e. The predicted octanol–water partition coefficient (Wildman–Crippen LogP) is 6.12. The van der Waals surface area contributed by atoms with Crippen molar-refractivity contribution in [3.63, 3.8) is 0 Å². The first-order valence-electron chi connectivity index (χ1n) is 9.65. The number of benzene rings is 3. The number of nitro benzene ring substituents is 1. The summed E-state index contributed by atoms with van der Waals surface area (Å²) in [4.78, 5) is 19.6. The number of hydrogen-bond acceptors (Lipinski definition) is 7. The Bertz CT molecular complexity index is 1450. The summed E-state index contributed by atoms with van der Waals surface area (Å²) in [6, 6.07) is 21.8. The highest BCUT2D eigenvalue weighted by Crippen LogP contribution is 2.34. The molecule has 5 rings (SSSR count). The minimum atomic E-state index is -0.449. The Kier molecular flexibility index (Phi) is 4.72. The summed E-state index contributed by atoms with van der Waals surface area (Å²) in [7, 11) is 0. The van der Waals surface area contributed by atoms with E-state index in [0.29, 0.717) is 39.4 Å². The van der Waals surface area contributed by atoms with E-state index in [-0.39, 0.29) is 17.3 Å².